The highest BCUT2D eigenvalue weighted by atomic mass is 35.5. The molecule has 3 rings (SSSR count). The Morgan fingerprint density at radius 3 is 2.63 bits per heavy atom. The summed E-state index contributed by atoms with van der Waals surface area (Å²) in [5, 5.41) is 3.55. The molecular formula is C14H17ClN2O2. The normalized spacial score (nSPS) is 21.9. The molecule has 1 amide bonds. The molecule has 19 heavy (non-hydrogen) atoms. The van der Waals surface area contributed by atoms with Gasteiger partial charge in [0.1, 0.15) is 5.15 Å². The van der Waals surface area contributed by atoms with Crippen LogP contribution in [0.2, 0.25) is 5.15 Å². The summed E-state index contributed by atoms with van der Waals surface area (Å²) in [6.07, 6.45) is 5.67. The Labute approximate surface area is 117 Å². The van der Waals surface area contributed by atoms with Crippen LogP contribution in [0, 0.1) is 0 Å². The van der Waals surface area contributed by atoms with Crippen LogP contribution in [0.3, 0.4) is 0 Å². The van der Waals surface area contributed by atoms with Gasteiger partial charge in [-0.1, -0.05) is 30.5 Å². The molecule has 102 valence electrons. The smallest absolute Gasteiger partial charge is 0.231 e. The fraction of sp³-hybridized carbons (Fsp3) is 0.571. The van der Waals surface area contributed by atoms with E-state index in [0.717, 1.165) is 31.2 Å². The van der Waals surface area contributed by atoms with E-state index in [0.29, 0.717) is 18.4 Å². The van der Waals surface area contributed by atoms with Crippen molar-refractivity contribution in [2.75, 3.05) is 13.2 Å². The predicted octanol–water partition coefficient (Wildman–Crippen LogP) is 2.06. The van der Waals surface area contributed by atoms with Crippen molar-refractivity contribution in [1.82, 2.24) is 10.3 Å². The van der Waals surface area contributed by atoms with E-state index in [1.807, 2.05) is 6.07 Å². The molecule has 1 aromatic heterocycles. The van der Waals surface area contributed by atoms with E-state index >= 15 is 0 Å². The number of aromatic nitrogens is 1. The van der Waals surface area contributed by atoms with Gasteiger partial charge in [-0.15, -0.1) is 0 Å². The Kier molecular flexibility index (Phi) is 3.46. The summed E-state index contributed by atoms with van der Waals surface area (Å²) in [6.45, 7) is 1.25. The third-order valence-corrected chi connectivity index (χ3v) is 4.37. The fourth-order valence-corrected chi connectivity index (χ4v) is 3.04. The third kappa shape index (κ3) is 2.35. The monoisotopic (exact) mass is 280 g/mol. The molecule has 5 heteroatoms. The van der Waals surface area contributed by atoms with E-state index in [9.17, 15) is 4.79 Å². The molecule has 1 N–H and O–H groups in total. The molecule has 1 saturated heterocycles. The van der Waals surface area contributed by atoms with Gasteiger partial charge in [-0.2, -0.15) is 0 Å². The first-order valence-electron chi connectivity index (χ1n) is 6.71. The van der Waals surface area contributed by atoms with E-state index in [-0.39, 0.29) is 11.9 Å². The number of pyridine rings is 1. The van der Waals surface area contributed by atoms with Crippen LogP contribution in [-0.2, 0) is 14.9 Å². The Balaban J connectivity index is 1.85. The number of nitrogens with zero attached hydrogens (tertiary/aromatic N) is 1. The van der Waals surface area contributed by atoms with E-state index < -0.39 is 5.41 Å². The van der Waals surface area contributed by atoms with Crippen LogP contribution >= 0.6 is 11.6 Å². The zero-order valence-electron chi connectivity index (χ0n) is 10.7. The van der Waals surface area contributed by atoms with Crippen molar-refractivity contribution in [3.05, 3.63) is 29.0 Å². The van der Waals surface area contributed by atoms with Crippen LogP contribution in [0.15, 0.2) is 18.3 Å². The molecule has 2 heterocycles. The maximum Gasteiger partial charge on any atom is 0.231 e. The Hall–Kier alpha value is -1.13. The van der Waals surface area contributed by atoms with Gasteiger partial charge in [-0.05, 0) is 24.5 Å². The number of hydrogen-bond donors (Lipinski definition) is 1. The van der Waals surface area contributed by atoms with Gasteiger partial charge in [-0.3, -0.25) is 4.79 Å². The van der Waals surface area contributed by atoms with E-state index in [4.69, 9.17) is 16.3 Å². The topological polar surface area (TPSA) is 51.2 Å². The largest absolute Gasteiger partial charge is 0.377 e. The Bertz CT molecular complexity index is 465. The summed E-state index contributed by atoms with van der Waals surface area (Å²) in [4.78, 5) is 16.8. The summed E-state index contributed by atoms with van der Waals surface area (Å²) in [7, 11) is 0. The Morgan fingerprint density at radius 1 is 1.37 bits per heavy atom. The fourth-order valence-electron chi connectivity index (χ4n) is 2.93. The van der Waals surface area contributed by atoms with Crippen molar-refractivity contribution in [3.8, 4) is 0 Å². The van der Waals surface area contributed by atoms with Gasteiger partial charge >= 0.3 is 0 Å². The van der Waals surface area contributed by atoms with Gasteiger partial charge in [0.2, 0.25) is 5.91 Å². The maximum atomic E-state index is 12.6. The van der Waals surface area contributed by atoms with E-state index in [1.54, 1.807) is 12.3 Å². The van der Waals surface area contributed by atoms with Gasteiger partial charge in [0.25, 0.3) is 0 Å². The summed E-state index contributed by atoms with van der Waals surface area (Å²) < 4.78 is 5.11. The molecular weight excluding hydrogens is 264 g/mol. The average molecular weight is 281 g/mol. The lowest BCUT2D eigenvalue weighted by Gasteiger charge is -2.33. The van der Waals surface area contributed by atoms with Crippen molar-refractivity contribution >= 4 is 17.5 Å². The van der Waals surface area contributed by atoms with Crippen LogP contribution < -0.4 is 5.32 Å². The van der Waals surface area contributed by atoms with Gasteiger partial charge in [0, 0.05) is 6.20 Å². The number of carbonyl (C=O) groups excluding carboxylic acids is 1. The standard InChI is InChI=1S/C14H17ClN2O2/c15-12-4-3-10(7-16-12)14(5-1-2-6-14)13(18)17-11-8-19-9-11/h3-4,7,11H,1-2,5-6,8-9H2,(H,17,18). The zero-order chi connectivity index (χ0) is 13.3. The molecule has 2 fully saturated rings. The lowest BCUT2D eigenvalue weighted by atomic mass is 9.78. The van der Waals surface area contributed by atoms with Gasteiger partial charge < -0.3 is 10.1 Å². The molecule has 1 saturated carbocycles. The van der Waals surface area contributed by atoms with Crippen LogP contribution in [0.4, 0.5) is 0 Å². The molecule has 1 aromatic rings. The lowest BCUT2D eigenvalue weighted by Crippen LogP contribution is -2.54. The van der Waals surface area contributed by atoms with Crippen LogP contribution in [0.25, 0.3) is 0 Å². The zero-order valence-corrected chi connectivity index (χ0v) is 11.4. The number of ether oxygens (including phenoxy) is 1. The second kappa shape index (κ2) is 5.10. The van der Waals surface area contributed by atoms with Gasteiger partial charge in [0.05, 0.1) is 24.7 Å². The Morgan fingerprint density at radius 2 is 2.11 bits per heavy atom. The molecule has 0 aromatic carbocycles. The number of amides is 1. The molecule has 0 atom stereocenters. The molecule has 1 aliphatic carbocycles. The van der Waals surface area contributed by atoms with Crippen molar-refractivity contribution in [2.24, 2.45) is 0 Å². The molecule has 2 aliphatic rings. The van der Waals surface area contributed by atoms with Crippen molar-refractivity contribution in [2.45, 2.75) is 37.1 Å². The number of hydrogen-bond acceptors (Lipinski definition) is 3. The number of carbonyl (C=O) groups is 1. The molecule has 4 nitrogen and oxygen atoms in total. The third-order valence-electron chi connectivity index (χ3n) is 4.15. The summed E-state index contributed by atoms with van der Waals surface area (Å²) in [5.41, 5.74) is 0.555. The molecule has 0 radical (unpaired) electrons. The van der Waals surface area contributed by atoms with Gasteiger partial charge in [0.15, 0.2) is 0 Å². The quantitative estimate of drug-likeness (QED) is 0.863. The summed E-state index contributed by atoms with van der Waals surface area (Å²) in [5.74, 6) is 0.113. The number of halogens is 1. The van der Waals surface area contributed by atoms with E-state index in [1.165, 1.54) is 0 Å². The highest BCUT2D eigenvalue weighted by molar-refractivity contribution is 6.29. The highest BCUT2D eigenvalue weighted by Gasteiger charge is 2.44. The first-order valence-corrected chi connectivity index (χ1v) is 7.09. The minimum absolute atomic E-state index is 0.113. The first-order chi connectivity index (χ1) is 9.21. The van der Waals surface area contributed by atoms with Crippen molar-refractivity contribution in [3.63, 3.8) is 0 Å². The van der Waals surface area contributed by atoms with Crippen molar-refractivity contribution in [1.29, 1.82) is 0 Å². The molecule has 0 spiro atoms. The minimum Gasteiger partial charge on any atom is -0.377 e. The second-order valence-corrected chi connectivity index (χ2v) is 5.75. The number of rotatable bonds is 3. The summed E-state index contributed by atoms with van der Waals surface area (Å²) >= 11 is 5.83. The maximum absolute atomic E-state index is 12.6. The summed E-state index contributed by atoms with van der Waals surface area (Å²) in [6, 6.07) is 3.86. The van der Waals surface area contributed by atoms with Gasteiger partial charge in [-0.25, -0.2) is 4.98 Å². The molecule has 0 unspecified atom stereocenters. The van der Waals surface area contributed by atoms with E-state index in [2.05, 4.69) is 10.3 Å². The first kappa shape index (κ1) is 12.9. The van der Waals surface area contributed by atoms with Crippen LogP contribution in [-0.4, -0.2) is 30.1 Å². The van der Waals surface area contributed by atoms with Crippen LogP contribution in [0.1, 0.15) is 31.2 Å². The number of nitrogens with one attached hydrogen (secondary N) is 1. The van der Waals surface area contributed by atoms with Crippen molar-refractivity contribution < 1.29 is 9.53 Å². The molecule has 0 bridgehead atoms. The highest BCUT2D eigenvalue weighted by Crippen LogP contribution is 2.41. The lowest BCUT2D eigenvalue weighted by molar-refractivity contribution is -0.130. The molecule has 1 aliphatic heterocycles. The SMILES string of the molecule is O=C(NC1COC1)C1(c2ccc(Cl)nc2)CCCC1. The average Bonchev–Trinajstić information content (AvgIpc) is 2.85. The predicted molar refractivity (Wildman–Crippen MR) is 72.1 cm³/mol. The van der Waals surface area contributed by atoms with Crippen LogP contribution in [0.5, 0.6) is 0 Å². The second-order valence-electron chi connectivity index (χ2n) is 5.37. The minimum atomic E-state index is -0.423.